The monoisotopic (exact) mass is 294 g/mol. The Morgan fingerprint density at radius 3 is 2.32 bits per heavy atom. The predicted molar refractivity (Wildman–Crippen MR) is 71.8 cm³/mol. The van der Waals surface area contributed by atoms with Crippen molar-refractivity contribution >= 4 is 8.80 Å². The topological polar surface area (TPSA) is 69.7 Å². The summed E-state index contributed by atoms with van der Waals surface area (Å²) in [6, 6.07) is 0. The van der Waals surface area contributed by atoms with Crippen molar-refractivity contribution in [3.8, 4) is 0 Å². The lowest BCUT2D eigenvalue weighted by molar-refractivity contribution is -0.0189. The van der Waals surface area contributed by atoms with Gasteiger partial charge in [0, 0.05) is 14.2 Å². The Hall–Kier alpha value is -0.0231. The molecule has 7 heteroatoms. The third kappa shape index (κ3) is 5.11. The van der Waals surface area contributed by atoms with Crippen LogP contribution in [0.2, 0.25) is 0 Å². The molecule has 3 unspecified atom stereocenters. The number of epoxide rings is 1. The van der Waals surface area contributed by atoms with Gasteiger partial charge < -0.3 is 27.9 Å². The molecule has 1 N–H and O–H groups in total. The largest absolute Gasteiger partial charge is 0.530 e. The summed E-state index contributed by atoms with van der Waals surface area (Å²) in [5.41, 5.74) is -0.240. The highest BCUT2D eigenvalue weighted by molar-refractivity contribution is 6.62. The molecule has 0 bridgehead atoms. The lowest BCUT2D eigenvalue weighted by Gasteiger charge is -2.33. The first kappa shape index (κ1) is 17.0. The molecule has 1 rings (SSSR count). The van der Waals surface area contributed by atoms with Gasteiger partial charge in [0.15, 0.2) is 0 Å². The van der Waals surface area contributed by atoms with Crippen molar-refractivity contribution in [3.63, 3.8) is 0 Å². The molecule has 1 fully saturated rings. The van der Waals surface area contributed by atoms with Crippen LogP contribution in [0.5, 0.6) is 0 Å². The van der Waals surface area contributed by atoms with Crippen molar-refractivity contribution in [2.45, 2.75) is 44.6 Å². The zero-order chi connectivity index (χ0) is 14.3. The summed E-state index contributed by atoms with van der Waals surface area (Å²) in [7, 11) is 0.198. The second kappa shape index (κ2) is 8.31. The van der Waals surface area contributed by atoms with E-state index < -0.39 is 14.9 Å². The second-order valence-corrected chi connectivity index (χ2v) is 7.53. The Morgan fingerprint density at radius 1 is 1.26 bits per heavy atom. The van der Waals surface area contributed by atoms with E-state index in [4.69, 9.17) is 22.8 Å². The van der Waals surface area contributed by atoms with Crippen LogP contribution < -0.4 is 0 Å². The van der Waals surface area contributed by atoms with E-state index in [-0.39, 0.29) is 18.4 Å². The molecule has 1 saturated heterocycles. The number of aliphatic hydroxyl groups is 1. The van der Waals surface area contributed by atoms with Crippen molar-refractivity contribution < 1.29 is 27.9 Å². The maximum absolute atomic E-state index is 9.62. The molecule has 19 heavy (non-hydrogen) atoms. The number of hydrogen-bond acceptors (Lipinski definition) is 6. The Morgan fingerprint density at radius 2 is 1.89 bits per heavy atom. The average Bonchev–Trinajstić information content (AvgIpc) is 3.26. The molecule has 0 aromatic rings. The number of ether oxygens (including phenoxy) is 2. The molecule has 0 amide bonds. The van der Waals surface area contributed by atoms with E-state index in [2.05, 4.69) is 0 Å². The fraction of sp³-hybridized carbons (Fsp3) is 1.00. The zero-order valence-electron chi connectivity index (χ0n) is 12.3. The summed E-state index contributed by atoms with van der Waals surface area (Å²) in [5, 5.41) is 9.62. The summed E-state index contributed by atoms with van der Waals surface area (Å²) in [5.74, 6) is 0. The van der Waals surface area contributed by atoms with Crippen molar-refractivity contribution in [1.29, 1.82) is 0 Å². The highest BCUT2D eigenvalue weighted by atomic mass is 28.4. The van der Waals surface area contributed by atoms with Gasteiger partial charge in [-0.1, -0.05) is 13.8 Å². The molecule has 0 aromatic heterocycles. The van der Waals surface area contributed by atoms with Crippen LogP contribution in [0, 0.1) is 0 Å². The molecule has 0 aliphatic carbocycles. The number of hydrogen-bond donors (Lipinski definition) is 1. The van der Waals surface area contributed by atoms with Crippen LogP contribution in [0.1, 0.15) is 26.7 Å². The second-order valence-electron chi connectivity index (χ2n) is 4.57. The summed E-state index contributed by atoms with van der Waals surface area (Å²) >= 11 is 0. The Labute approximate surface area is 116 Å². The Kier molecular flexibility index (Phi) is 7.44. The average molecular weight is 294 g/mol. The first-order valence-corrected chi connectivity index (χ1v) is 8.57. The van der Waals surface area contributed by atoms with Gasteiger partial charge in [0.1, 0.15) is 11.8 Å². The van der Waals surface area contributed by atoms with E-state index in [9.17, 15) is 5.11 Å². The fourth-order valence-electron chi connectivity index (χ4n) is 1.74. The molecular formula is C12H26O6Si. The minimum atomic E-state index is -2.93. The van der Waals surface area contributed by atoms with Crippen molar-refractivity contribution in [2.24, 2.45) is 0 Å². The van der Waals surface area contributed by atoms with Gasteiger partial charge in [0.05, 0.1) is 25.9 Å². The molecule has 114 valence electrons. The fourth-order valence-corrected chi connectivity index (χ4v) is 4.08. The van der Waals surface area contributed by atoms with Gasteiger partial charge in [-0.3, -0.25) is 0 Å². The minimum Gasteiger partial charge on any atom is -0.391 e. The summed E-state index contributed by atoms with van der Waals surface area (Å²) in [4.78, 5) is 0. The Bertz CT molecular complexity index is 244. The molecule has 6 nitrogen and oxygen atoms in total. The zero-order valence-corrected chi connectivity index (χ0v) is 13.3. The third-order valence-electron chi connectivity index (χ3n) is 3.17. The smallest absolute Gasteiger partial charge is 0.391 e. The van der Waals surface area contributed by atoms with Gasteiger partial charge in [-0.2, -0.15) is 0 Å². The van der Waals surface area contributed by atoms with Crippen LogP contribution in [0.4, 0.5) is 0 Å². The highest BCUT2D eigenvalue weighted by Crippen LogP contribution is 2.21. The van der Waals surface area contributed by atoms with E-state index in [1.54, 1.807) is 14.2 Å². The van der Waals surface area contributed by atoms with Crippen molar-refractivity contribution in [2.75, 3.05) is 34.0 Å². The molecule has 0 spiro atoms. The van der Waals surface area contributed by atoms with E-state index in [1.807, 2.05) is 13.8 Å². The first-order valence-electron chi connectivity index (χ1n) is 6.77. The molecule has 0 saturated carbocycles. The predicted octanol–water partition coefficient (Wildman–Crippen LogP) is 0.739. The number of rotatable bonds is 11. The lowest BCUT2D eigenvalue weighted by Crippen LogP contribution is -2.57. The van der Waals surface area contributed by atoms with Gasteiger partial charge >= 0.3 is 8.80 Å². The van der Waals surface area contributed by atoms with Crippen LogP contribution in [0.3, 0.4) is 0 Å². The summed E-state index contributed by atoms with van der Waals surface area (Å²) < 4.78 is 27.7. The van der Waals surface area contributed by atoms with E-state index in [0.717, 1.165) is 13.0 Å². The van der Waals surface area contributed by atoms with E-state index in [0.29, 0.717) is 13.0 Å². The maximum atomic E-state index is 9.62. The van der Waals surface area contributed by atoms with Crippen LogP contribution in [0.25, 0.3) is 0 Å². The number of aliphatic hydroxyl groups excluding tert-OH is 1. The van der Waals surface area contributed by atoms with Crippen LogP contribution in [0.15, 0.2) is 0 Å². The maximum Gasteiger partial charge on any atom is 0.530 e. The van der Waals surface area contributed by atoms with Gasteiger partial charge in [-0.05, 0) is 12.8 Å². The minimum absolute atomic E-state index is 0.190. The highest BCUT2D eigenvalue weighted by Gasteiger charge is 2.49. The normalized spacial score (nSPS) is 22.3. The molecule has 0 radical (unpaired) electrons. The Balaban J connectivity index is 2.57. The standard InChI is InChI=1S/C12H26O6Si/c1-5-10(13)7-18-19(14-3,15-4)12(6-2)17-9-11-8-16-11/h10-13H,5-9H2,1-4H3. The summed E-state index contributed by atoms with van der Waals surface area (Å²) in [6.07, 6.45) is 1.03. The molecule has 1 heterocycles. The van der Waals surface area contributed by atoms with Gasteiger partial charge in [0.25, 0.3) is 0 Å². The SMILES string of the molecule is CCC(O)CO[Si](OC)(OC)C(CC)OCC1CO1. The van der Waals surface area contributed by atoms with Crippen LogP contribution >= 0.6 is 0 Å². The molecule has 0 aromatic carbocycles. The van der Waals surface area contributed by atoms with Gasteiger partial charge in [-0.15, -0.1) is 0 Å². The van der Waals surface area contributed by atoms with E-state index in [1.165, 1.54) is 0 Å². The third-order valence-corrected chi connectivity index (χ3v) is 6.24. The van der Waals surface area contributed by atoms with Crippen molar-refractivity contribution in [3.05, 3.63) is 0 Å². The molecule has 1 aliphatic rings. The van der Waals surface area contributed by atoms with Gasteiger partial charge in [-0.25, -0.2) is 0 Å². The van der Waals surface area contributed by atoms with Crippen LogP contribution in [-0.4, -0.2) is 65.9 Å². The molecular weight excluding hydrogens is 268 g/mol. The molecule has 3 atom stereocenters. The van der Waals surface area contributed by atoms with Crippen molar-refractivity contribution in [1.82, 2.24) is 0 Å². The lowest BCUT2D eigenvalue weighted by atomic mass is 10.3. The first-order chi connectivity index (χ1) is 9.11. The quantitative estimate of drug-likeness (QED) is 0.448. The van der Waals surface area contributed by atoms with Crippen LogP contribution in [-0.2, 0) is 22.8 Å². The molecule has 1 aliphatic heterocycles. The summed E-state index contributed by atoms with van der Waals surface area (Å²) in [6.45, 7) is 5.37. The van der Waals surface area contributed by atoms with E-state index >= 15 is 0 Å². The van der Waals surface area contributed by atoms with Gasteiger partial charge in [0.2, 0.25) is 0 Å².